The Labute approximate surface area is 148 Å². The number of fused-ring (bicyclic) bond motifs is 1. The van der Waals surface area contributed by atoms with Gasteiger partial charge in [-0.1, -0.05) is 45.0 Å². The molecule has 2 rings (SSSR count). The molecule has 2 aromatic rings. The Morgan fingerprint density at radius 3 is 2.28 bits per heavy atom. The maximum atomic E-state index is 12.7. The number of hydrogen-bond donors (Lipinski definition) is 0. The predicted molar refractivity (Wildman–Crippen MR) is 99.3 cm³/mol. The highest BCUT2D eigenvalue weighted by Crippen LogP contribution is 2.08. The molecule has 0 unspecified atom stereocenters. The Balaban J connectivity index is 2.16. The van der Waals surface area contributed by atoms with E-state index in [-0.39, 0.29) is 18.0 Å². The van der Waals surface area contributed by atoms with Crippen molar-refractivity contribution in [1.82, 2.24) is 19.9 Å². The molecule has 0 radical (unpaired) electrons. The molecule has 0 aliphatic rings. The summed E-state index contributed by atoms with van der Waals surface area (Å²) < 4.78 is 1.17. The van der Waals surface area contributed by atoms with Crippen LogP contribution in [0.25, 0.3) is 10.9 Å². The molecule has 0 saturated heterocycles. The Hall–Kier alpha value is -2.24. The fourth-order valence-corrected chi connectivity index (χ4v) is 2.54. The fraction of sp³-hybridized carbons (Fsp3) is 0.579. The van der Waals surface area contributed by atoms with Crippen LogP contribution in [-0.4, -0.2) is 38.9 Å². The highest BCUT2D eigenvalue weighted by atomic mass is 16.2. The Bertz CT molecular complexity index is 755. The third-order valence-electron chi connectivity index (χ3n) is 4.22. The second kappa shape index (κ2) is 8.74. The molecule has 6 nitrogen and oxygen atoms in total. The van der Waals surface area contributed by atoms with E-state index in [4.69, 9.17) is 0 Å². The van der Waals surface area contributed by atoms with Crippen molar-refractivity contribution >= 4 is 16.8 Å². The first-order valence-corrected chi connectivity index (χ1v) is 8.98. The molecule has 6 heteroatoms. The van der Waals surface area contributed by atoms with Gasteiger partial charge in [-0.25, -0.2) is 4.68 Å². The zero-order valence-corrected chi connectivity index (χ0v) is 15.6. The predicted octanol–water partition coefficient (Wildman–Crippen LogP) is 2.71. The molecule has 136 valence electrons. The summed E-state index contributed by atoms with van der Waals surface area (Å²) in [4.78, 5) is 27.1. The molecule has 0 saturated carbocycles. The largest absolute Gasteiger partial charge is 0.341 e. The van der Waals surface area contributed by atoms with E-state index in [2.05, 4.69) is 38.0 Å². The summed E-state index contributed by atoms with van der Waals surface area (Å²) >= 11 is 0. The van der Waals surface area contributed by atoms with Gasteiger partial charge in [0.05, 0.1) is 5.39 Å². The van der Waals surface area contributed by atoms with Crippen LogP contribution in [-0.2, 0) is 11.3 Å². The van der Waals surface area contributed by atoms with E-state index in [1.54, 1.807) is 18.2 Å². The molecule has 0 aliphatic heterocycles. The molecular weight excluding hydrogens is 316 g/mol. The fourth-order valence-electron chi connectivity index (χ4n) is 2.54. The third-order valence-corrected chi connectivity index (χ3v) is 4.22. The quantitative estimate of drug-likeness (QED) is 0.738. The number of hydrogen-bond acceptors (Lipinski definition) is 4. The molecule has 0 aliphatic carbocycles. The van der Waals surface area contributed by atoms with Crippen LogP contribution >= 0.6 is 0 Å². The van der Waals surface area contributed by atoms with E-state index in [0.29, 0.717) is 35.8 Å². The average Bonchev–Trinajstić information content (AvgIpc) is 2.57. The summed E-state index contributed by atoms with van der Waals surface area (Å²) in [7, 11) is 0. The first-order valence-electron chi connectivity index (χ1n) is 8.98. The van der Waals surface area contributed by atoms with Gasteiger partial charge < -0.3 is 4.90 Å². The molecule has 25 heavy (non-hydrogen) atoms. The lowest BCUT2D eigenvalue weighted by atomic mass is 10.1. The number of benzene rings is 1. The van der Waals surface area contributed by atoms with E-state index < -0.39 is 0 Å². The van der Waals surface area contributed by atoms with Gasteiger partial charge in [0.25, 0.3) is 5.56 Å². The van der Waals surface area contributed by atoms with Crippen LogP contribution in [0.15, 0.2) is 29.1 Å². The minimum atomic E-state index is -0.272. The lowest BCUT2D eigenvalue weighted by Crippen LogP contribution is -2.39. The first kappa shape index (κ1) is 19.1. The molecular formula is C19H28N4O2. The molecule has 1 aromatic heterocycles. The number of carbonyl (C=O) groups is 1. The van der Waals surface area contributed by atoms with Gasteiger partial charge in [-0.05, 0) is 36.8 Å². The highest BCUT2D eigenvalue weighted by Gasteiger charge is 2.17. The van der Waals surface area contributed by atoms with Crippen molar-refractivity contribution in [2.75, 3.05) is 13.1 Å². The van der Waals surface area contributed by atoms with E-state index in [9.17, 15) is 9.59 Å². The Kier molecular flexibility index (Phi) is 6.67. The van der Waals surface area contributed by atoms with Crippen LogP contribution in [0.5, 0.6) is 0 Å². The topological polar surface area (TPSA) is 68.1 Å². The molecule has 0 N–H and O–H groups in total. The first-order chi connectivity index (χ1) is 11.9. The number of aromatic nitrogens is 3. The lowest BCUT2D eigenvalue weighted by Gasteiger charge is -2.24. The number of amides is 1. The summed E-state index contributed by atoms with van der Waals surface area (Å²) in [6.45, 7) is 9.93. The van der Waals surface area contributed by atoms with Gasteiger partial charge in [0.2, 0.25) is 5.91 Å². The second-order valence-electron chi connectivity index (χ2n) is 7.32. The van der Waals surface area contributed by atoms with Crippen LogP contribution in [0.2, 0.25) is 0 Å². The van der Waals surface area contributed by atoms with E-state index in [1.807, 2.05) is 11.0 Å². The van der Waals surface area contributed by atoms with Crippen molar-refractivity contribution in [2.45, 2.75) is 47.1 Å². The summed E-state index contributed by atoms with van der Waals surface area (Å²) in [5, 5.41) is 8.46. The van der Waals surface area contributed by atoms with E-state index in [1.165, 1.54) is 4.68 Å². The zero-order valence-electron chi connectivity index (χ0n) is 15.6. The van der Waals surface area contributed by atoms with Crippen molar-refractivity contribution in [1.29, 1.82) is 0 Å². The van der Waals surface area contributed by atoms with Crippen LogP contribution in [0.1, 0.15) is 40.5 Å². The molecule has 0 fully saturated rings. The molecule has 0 atom stereocenters. The van der Waals surface area contributed by atoms with Crippen LogP contribution in [0.3, 0.4) is 0 Å². The smallest absolute Gasteiger partial charge is 0.278 e. The van der Waals surface area contributed by atoms with Gasteiger partial charge >= 0.3 is 0 Å². The molecule has 1 amide bonds. The monoisotopic (exact) mass is 344 g/mol. The van der Waals surface area contributed by atoms with Crippen molar-refractivity contribution in [3.63, 3.8) is 0 Å². The van der Waals surface area contributed by atoms with E-state index >= 15 is 0 Å². The van der Waals surface area contributed by atoms with Gasteiger partial charge in [-0.15, -0.1) is 5.10 Å². The summed E-state index contributed by atoms with van der Waals surface area (Å²) in [5.41, 5.74) is 0.277. The lowest BCUT2D eigenvalue weighted by molar-refractivity contribution is -0.132. The standard InChI is InChI=1S/C19H28N4O2/c1-14(2)9-11-22(12-10-15(3)4)18(24)13-23-19(25)16-7-5-6-8-17(16)20-21-23/h5-8,14-15H,9-13H2,1-4H3. The zero-order chi connectivity index (χ0) is 18.4. The summed E-state index contributed by atoms with van der Waals surface area (Å²) in [6.07, 6.45) is 1.89. The van der Waals surface area contributed by atoms with Crippen LogP contribution in [0.4, 0.5) is 0 Å². The van der Waals surface area contributed by atoms with Gasteiger partial charge in [-0.3, -0.25) is 9.59 Å². The average molecular weight is 344 g/mol. The maximum Gasteiger partial charge on any atom is 0.278 e. The Morgan fingerprint density at radius 2 is 1.68 bits per heavy atom. The van der Waals surface area contributed by atoms with Crippen molar-refractivity contribution in [3.05, 3.63) is 34.6 Å². The molecule has 1 heterocycles. The normalized spacial score (nSPS) is 11.4. The molecule has 0 bridgehead atoms. The number of rotatable bonds is 8. The molecule has 1 aromatic carbocycles. The summed E-state index contributed by atoms with van der Waals surface area (Å²) in [6, 6.07) is 7.05. The minimum Gasteiger partial charge on any atom is -0.341 e. The van der Waals surface area contributed by atoms with Crippen molar-refractivity contribution in [3.8, 4) is 0 Å². The van der Waals surface area contributed by atoms with Crippen molar-refractivity contribution < 1.29 is 4.79 Å². The van der Waals surface area contributed by atoms with Crippen LogP contribution < -0.4 is 5.56 Å². The maximum absolute atomic E-state index is 12.7. The van der Waals surface area contributed by atoms with Crippen molar-refractivity contribution in [2.24, 2.45) is 11.8 Å². The second-order valence-corrected chi connectivity index (χ2v) is 7.32. The van der Waals surface area contributed by atoms with Gasteiger partial charge in [-0.2, -0.15) is 0 Å². The Morgan fingerprint density at radius 1 is 1.08 bits per heavy atom. The van der Waals surface area contributed by atoms with Gasteiger partial charge in [0, 0.05) is 13.1 Å². The summed E-state index contributed by atoms with van der Waals surface area (Å²) in [5.74, 6) is 0.975. The van der Waals surface area contributed by atoms with E-state index in [0.717, 1.165) is 12.8 Å². The number of carbonyl (C=O) groups excluding carboxylic acids is 1. The highest BCUT2D eigenvalue weighted by molar-refractivity contribution is 5.78. The molecule has 0 spiro atoms. The third kappa shape index (κ3) is 5.37. The number of nitrogens with zero attached hydrogens (tertiary/aromatic N) is 4. The van der Waals surface area contributed by atoms with Gasteiger partial charge in [0.15, 0.2) is 0 Å². The minimum absolute atomic E-state index is 0.0626. The van der Waals surface area contributed by atoms with Crippen LogP contribution in [0, 0.1) is 11.8 Å². The SMILES string of the molecule is CC(C)CCN(CCC(C)C)C(=O)Cn1nnc2ccccc2c1=O. The van der Waals surface area contributed by atoms with Gasteiger partial charge in [0.1, 0.15) is 12.1 Å².